The average Bonchev–Trinajstić information content (AvgIpc) is 2.78. The van der Waals surface area contributed by atoms with E-state index in [0.717, 1.165) is 12.8 Å². The Hall–Kier alpha value is -2.24. The maximum absolute atomic E-state index is 10.5. The second-order valence-corrected chi connectivity index (χ2v) is 3.57. The number of nitrogens with zero attached hydrogens (tertiary/aromatic N) is 3. The molecule has 1 heterocycles. The van der Waals surface area contributed by atoms with Gasteiger partial charge in [-0.15, -0.1) is 0 Å². The van der Waals surface area contributed by atoms with Crippen LogP contribution in [-0.2, 0) is 6.42 Å². The maximum Gasteiger partial charge on any atom is 0.269 e. The lowest BCUT2D eigenvalue weighted by atomic mass is 10.2. The molecule has 0 aliphatic carbocycles. The molecule has 2 aromatic rings. The van der Waals surface area contributed by atoms with Gasteiger partial charge in [0.15, 0.2) is 5.82 Å². The number of aromatic nitrogens is 2. The third-order valence-electron chi connectivity index (χ3n) is 2.27. The average molecular weight is 233 g/mol. The highest BCUT2D eigenvalue weighted by Crippen LogP contribution is 2.20. The third kappa shape index (κ3) is 2.47. The van der Waals surface area contributed by atoms with Gasteiger partial charge in [-0.25, -0.2) is 0 Å². The van der Waals surface area contributed by atoms with Crippen molar-refractivity contribution in [3.8, 4) is 11.5 Å². The summed E-state index contributed by atoms with van der Waals surface area (Å²) in [5.74, 6) is 1.05. The molecule has 17 heavy (non-hydrogen) atoms. The van der Waals surface area contributed by atoms with Crippen LogP contribution in [0.1, 0.15) is 19.2 Å². The maximum atomic E-state index is 10.5. The monoisotopic (exact) mass is 233 g/mol. The quantitative estimate of drug-likeness (QED) is 0.598. The topological polar surface area (TPSA) is 82.1 Å². The minimum Gasteiger partial charge on any atom is -0.334 e. The lowest BCUT2D eigenvalue weighted by molar-refractivity contribution is -0.384. The van der Waals surface area contributed by atoms with Crippen molar-refractivity contribution in [1.29, 1.82) is 0 Å². The molecule has 0 aliphatic rings. The SMILES string of the molecule is CCCc1noc(-c2ccc([N+](=O)[O-])cc2)n1. The zero-order valence-corrected chi connectivity index (χ0v) is 9.29. The highest BCUT2D eigenvalue weighted by molar-refractivity contribution is 5.55. The van der Waals surface area contributed by atoms with Crippen LogP contribution in [0.2, 0.25) is 0 Å². The molecule has 0 fully saturated rings. The molecule has 0 atom stereocenters. The van der Waals surface area contributed by atoms with Crippen LogP contribution in [0.25, 0.3) is 11.5 Å². The first-order valence-electron chi connectivity index (χ1n) is 5.28. The molecule has 2 rings (SSSR count). The Labute approximate surface area is 97.4 Å². The molecule has 1 aromatic heterocycles. The lowest BCUT2D eigenvalue weighted by Gasteiger charge is -1.93. The van der Waals surface area contributed by atoms with E-state index in [4.69, 9.17) is 4.52 Å². The molecule has 0 N–H and O–H groups in total. The Kier molecular flexibility index (Phi) is 3.13. The molecule has 0 bridgehead atoms. The van der Waals surface area contributed by atoms with Crippen LogP contribution < -0.4 is 0 Å². The number of aryl methyl sites for hydroxylation is 1. The summed E-state index contributed by atoms with van der Waals surface area (Å²) in [5.41, 5.74) is 0.729. The van der Waals surface area contributed by atoms with Crippen molar-refractivity contribution in [1.82, 2.24) is 10.1 Å². The van der Waals surface area contributed by atoms with E-state index in [0.29, 0.717) is 17.3 Å². The predicted molar refractivity (Wildman–Crippen MR) is 60.4 cm³/mol. The summed E-state index contributed by atoms with van der Waals surface area (Å²) in [7, 11) is 0. The van der Waals surface area contributed by atoms with Crippen LogP contribution in [0.15, 0.2) is 28.8 Å². The van der Waals surface area contributed by atoms with Crippen molar-refractivity contribution in [2.75, 3.05) is 0 Å². The van der Waals surface area contributed by atoms with Gasteiger partial charge in [0.2, 0.25) is 0 Å². The van der Waals surface area contributed by atoms with E-state index in [9.17, 15) is 10.1 Å². The van der Waals surface area contributed by atoms with E-state index in [1.54, 1.807) is 12.1 Å². The van der Waals surface area contributed by atoms with Crippen molar-refractivity contribution < 1.29 is 9.45 Å². The van der Waals surface area contributed by atoms with Crippen molar-refractivity contribution in [3.63, 3.8) is 0 Å². The van der Waals surface area contributed by atoms with Gasteiger partial charge >= 0.3 is 0 Å². The Morgan fingerprint density at radius 1 is 1.35 bits per heavy atom. The Morgan fingerprint density at radius 2 is 2.06 bits per heavy atom. The summed E-state index contributed by atoms with van der Waals surface area (Å²) in [6, 6.07) is 6.03. The lowest BCUT2D eigenvalue weighted by Crippen LogP contribution is -1.88. The van der Waals surface area contributed by atoms with E-state index in [1.807, 2.05) is 6.92 Å². The Bertz CT molecular complexity index is 519. The van der Waals surface area contributed by atoms with E-state index in [-0.39, 0.29) is 5.69 Å². The molecular formula is C11H11N3O3. The minimum absolute atomic E-state index is 0.0436. The Morgan fingerprint density at radius 3 is 2.65 bits per heavy atom. The first kappa shape index (κ1) is 11.3. The van der Waals surface area contributed by atoms with Gasteiger partial charge < -0.3 is 4.52 Å². The smallest absolute Gasteiger partial charge is 0.269 e. The molecule has 0 amide bonds. The number of nitro groups is 1. The van der Waals surface area contributed by atoms with E-state index in [2.05, 4.69) is 10.1 Å². The van der Waals surface area contributed by atoms with Crippen molar-refractivity contribution in [2.24, 2.45) is 0 Å². The molecule has 6 heteroatoms. The van der Waals surface area contributed by atoms with Gasteiger partial charge in [-0.1, -0.05) is 12.1 Å². The zero-order valence-electron chi connectivity index (χ0n) is 9.29. The molecule has 0 saturated heterocycles. The van der Waals surface area contributed by atoms with Gasteiger partial charge in [-0.3, -0.25) is 10.1 Å². The zero-order chi connectivity index (χ0) is 12.3. The number of hydrogen-bond acceptors (Lipinski definition) is 5. The summed E-state index contributed by atoms with van der Waals surface area (Å²) in [5, 5.41) is 14.3. The number of hydrogen-bond donors (Lipinski definition) is 0. The molecule has 0 aliphatic heterocycles. The summed E-state index contributed by atoms with van der Waals surface area (Å²) < 4.78 is 5.07. The van der Waals surface area contributed by atoms with Crippen LogP contribution >= 0.6 is 0 Å². The number of nitro benzene ring substituents is 1. The van der Waals surface area contributed by atoms with Crippen LogP contribution in [0.4, 0.5) is 5.69 Å². The van der Waals surface area contributed by atoms with Gasteiger partial charge in [-0.05, 0) is 18.6 Å². The first-order chi connectivity index (χ1) is 8.20. The third-order valence-corrected chi connectivity index (χ3v) is 2.27. The molecule has 0 unspecified atom stereocenters. The van der Waals surface area contributed by atoms with Crippen LogP contribution in [0.3, 0.4) is 0 Å². The highest BCUT2D eigenvalue weighted by atomic mass is 16.6. The van der Waals surface area contributed by atoms with Crippen LogP contribution in [-0.4, -0.2) is 15.1 Å². The number of non-ortho nitro benzene ring substituents is 1. The number of benzene rings is 1. The van der Waals surface area contributed by atoms with Crippen molar-refractivity contribution in [3.05, 3.63) is 40.2 Å². The standard InChI is InChI=1S/C11H11N3O3/c1-2-3-10-12-11(17-13-10)8-4-6-9(7-5-8)14(15)16/h4-7H,2-3H2,1H3. The minimum atomic E-state index is -0.444. The van der Waals surface area contributed by atoms with Gasteiger partial charge in [-0.2, -0.15) is 4.98 Å². The van der Waals surface area contributed by atoms with E-state index < -0.39 is 4.92 Å². The molecule has 88 valence electrons. The fourth-order valence-electron chi connectivity index (χ4n) is 1.42. The van der Waals surface area contributed by atoms with Crippen molar-refractivity contribution in [2.45, 2.75) is 19.8 Å². The largest absolute Gasteiger partial charge is 0.334 e. The van der Waals surface area contributed by atoms with E-state index in [1.165, 1.54) is 12.1 Å². The fourth-order valence-corrected chi connectivity index (χ4v) is 1.42. The summed E-state index contributed by atoms with van der Waals surface area (Å²) >= 11 is 0. The fraction of sp³-hybridized carbons (Fsp3) is 0.273. The van der Waals surface area contributed by atoms with Gasteiger partial charge in [0.1, 0.15) is 0 Å². The molecular weight excluding hydrogens is 222 g/mol. The van der Waals surface area contributed by atoms with Gasteiger partial charge in [0.05, 0.1) is 4.92 Å². The number of rotatable bonds is 4. The van der Waals surface area contributed by atoms with Crippen LogP contribution in [0.5, 0.6) is 0 Å². The molecule has 0 spiro atoms. The predicted octanol–water partition coefficient (Wildman–Crippen LogP) is 2.60. The molecule has 1 aromatic carbocycles. The molecule has 0 radical (unpaired) electrons. The van der Waals surface area contributed by atoms with Crippen molar-refractivity contribution >= 4 is 5.69 Å². The molecule has 0 saturated carbocycles. The molecule has 6 nitrogen and oxygen atoms in total. The highest BCUT2D eigenvalue weighted by Gasteiger charge is 2.10. The van der Waals surface area contributed by atoms with E-state index >= 15 is 0 Å². The summed E-state index contributed by atoms with van der Waals surface area (Å²) in [4.78, 5) is 14.2. The first-order valence-corrected chi connectivity index (χ1v) is 5.28. The second-order valence-electron chi connectivity index (χ2n) is 3.57. The summed E-state index contributed by atoms with van der Waals surface area (Å²) in [6.07, 6.45) is 1.70. The van der Waals surface area contributed by atoms with Gasteiger partial charge in [0, 0.05) is 24.1 Å². The summed E-state index contributed by atoms with van der Waals surface area (Å²) in [6.45, 7) is 2.03. The second kappa shape index (κ2) is 4.73. The normalized spacial score (nSPS) is 10.4. The van der Waals surface area contributed by atoms with Crippen LogP contribution in [0, 0.1) is 10.1 Å². The van der Waals surface area contributed by atoms with Gasteiger partial charge in [0.25, 0.3) is 11.6 Å². The Balaban J connectivity index is 2.23.